The molecule has 0 amide bonds. The topological polar surface area (TPSA) is 25.8 Å². The lowest BCUT2D eigenvalue weighted by Gasteiger charge is -1.93. The second kappa shape index (κ2) is 9.46. The van der Waals surface area contributed by atoms with Crippen molar-refractivity contribution in [3.8, 4) is 0 Å². The largest absolute Gasteiger partial charge is 0.238 e. The quantitative estimate of drug-likeness (QED) is 0.598. The Kier molecular flexibility index (Phi) is 10.8. The maximum Gasteiger partial charge on any atom is 0.133 e. The first-order valence-corrected chi connectivity index (χ1v) is 5.04. The van der Waals surface area contributed by atoms with E-state index in [1.165, 1.54) is 0 Å². The molecule has 1 rings (SSSR count). The van der Waals surface area contributed by atoms with Gasteiger partial charge in [0.2, 0.25) is 0 Å². The Balaban J connectivity index is 0. The molecule has 0 aliphatic rings. The first-order chi connectivity index (χ1) is 6.18. The zero-order chi connectivity index (χ0) is 10.9. The van der Waals surface area contributed by atoms with Crippen molar-refractivity contribution in [1.82, 2.24) is 9.97 Å². The number of hydrogen-bond donors (Lipinski definition) is 0. The molecular weight excluding hydrogens is 184 g/mol. The average molecular weight is 203 g/mol. The van der Waals surface area contributed by atoms with Crippen LogP contribution in [0.1, 0.15) is 39.2 Å². The maximum atomic E-state index is 5.60. The monoisotopic (exact) mass is 202 g/mol. The molecule has 1 aromatic rings. The molecule has 2 nitrogen and oxygen atoms in total. The van der Waals surface area contributed by atoms with Crippen molar-refractivity contribution in [3.63, 3.8) is 0 Å². The van der Waals surface area contributed by atoms with Gasteiger partial charge in [-0.2, -0.15) is 0 Å². The summed E-state index contributed by atoms with van der Waals surface area (Å²) in [6.45, 7) is 11.7. The van der Waals surface area contributed by atoms with Gasteiger partial charge in [-0.25, -0.2) is 9.97 Å². The van der Waals surface area contributed by atoms with E-state index < -0.39 is 0 Å². The molecule has 3 heteroatoms. The number of aryl methyl sites for hydroxylation is 2. The molecule has 0 bridgehead atoms. The highest BCUT2D eigenvalue weighted by Crippen LogP contribution is 2.04. The third kappa shape index (κ3) is 7.72. The van der Waals surface area contributed by atoms with Gasteiger partial charge in [-0.1, -0.05) is 39.3 Å². The summed E-state index contributed by atoms with van der Waals surface area (Å²) >= 11 is 5.60. The predicted octanol–water partition coefficient (Wildman–Crippen LogP) is 3.80. The Bertz CT molecular complexity index is 174. The van der Waals surface area contributed by atoms with Gasteiger partial charge in [0.1, 0.15) is 11.0 Å². The van der Waals surface area contributed by atoms with E-state index in [9.17, 15) is 0 Å². The summed E-state index contributed by atoms with van der Waals surface area (Å²) in [6.07, 6.45) is 0. The van der Waals surface area contributed by atoms with Crippen molar-refractivity contribution in [3.05, 3.63) is 22.7 Å². The Hall–Kier alpha value is -0.630. The zero-order valence-corrected chi connectivity index (χ0v) is 10.1. The van der Waals surface area contributed by atoms with Crippen LogP contribution in [-0.2, 0) is 0 Å². The van der Waals surface area contributed by atoms with Gasteiger partial charge in [0, 0.05) is 5.69 Å². The van der Waals surface area contributed by atoms with E-state index in [1.807, 2.05) is 41.5 Å². The minimum absolute atomic E-state index is 0.514. The number of rotatable bonds is 0. The summed E-state index contributed by atoms with van der Waals surface area (Å²) in [7, 11) is 0. The molecule has 0 radical (unpaired) electrons. The lowest BCUT2D eigenvalue weighted by atomic mass is 10.4. The molecule has 0 aliphatic carbocycles. The van der Waals surface area contributed by atoms with Crippen LogP contribution in [0.2, 0.25) is 5.15 Å². The molecule has 0 unspecified atom stereocenters. The lowest BCUT2D eigenvalue weighted by molar-refractivity contribution is 1.01. The molecule has 0 saturated carbocycles. The Morgan fingerprint density at radius 1 is 1.00 bits per heavy atom. The van der Waals surface area contributed by atoms with E-state index in [1.54, 1.807) is 6.07 Å². The summed E-state index contributed by atoms with van der Waals surface area (Å²) in [5.74, 6) is 0.722. The van der Waals surface area contributed by atoms with Crippen molar-refractivity contribution < 1.29 is 0 Å². The second-order valence-corrected chi connectivity index (χ2v) is 2.27. The van der Waals surface area contributed by atoms with Gasteiger partial charge in [0.25, 0.3) is 0 Å². The molecular formula is C10H19ClN2. The van der Waals surface area contributed by atoms with Crippen LogP contribution in [0.25, 0.3) is 0 Å². The van der Waals surface area contributed by atoms with E-state index in [2.05, 4.69) is 9.97 Å². The molecule has 0 N–H and O–H groups in total. The molecule has 0 fully saturated rings. The molecule has 0 aliphatic heterocycles. The normalized spacial score (nSPS) is 7.62. The van der Waals surface area contributed by atoms with Crippen molar-refractivity contribution >= 4 is 11.6 Å². The van der Waals surface area contributed by atoms with Crippen LogP contribution in [0.3, 0.4) is 0 Å². The fourth-order valence-corrected chi connectivity index (χ4v) is 0.952. The van der Waals surface area contributed by atoms with E-state index in [4.69, 9.17) is 11.6 Å². The molecule has 0 aromatic carbocycles. The first-order valence-electron chi connectivity index (χ1n) is 4.66. The van der Waals surface area contributed by atoms with Gasteiger partial charge in [0.05, 0.1) is 0 Å². The van der Waals surface area contributed by atoms with Crippen LogP contribution < -0.4 is 0 Å². The van der Waals surface area contributed by atoms with Gasteiger partial charge in [0.15, 0.2) is 0 Å². The molecule has 0 saturated heterocycles. The van der Waals surface area contributed by atoms with Gasteiger partial charge >= 0.3 is 0 Å². The summed E-state index contributed by atoms with van der Waals surface area (Å²) in [4.78, 5) is 7.93. The Morgan fingerprint density at radius 2 is 1.46 bits per heavy atom. The number of aromatic nitrogens is 2. The van der Waals surface area contributed by atoms with Crippen LogP contribution in [0, 0.1) is 13.8 Å². The van der Waals surface area contributed by atoms with E-state index in [0.717, 1.165) is 11.5 Å². The van der Waals surface area contributed by atoms with Crippen molar-refractivity contribution in [2.75, 3.05) is 0 Å². The average Bonchev–Trinajstić information content (AvgIpc) is 2.09. The third-order valence-corrected chi connectivity index (χ3v) is 1.13. The molecule has 1 aromatic heterocycles. The highest BCUT2D eigenvalue weighted by molar-refractivity contribution is 6.29. The number of halogens is 1. The van der Waals surface area contributed by atoms with E-state index >= 15 is 0 Å². The second-order valence-electron chi connectivity index (χ2n) is 1.88. The van der Waals surface area contributed by atoms with Crippen LogP contribution in [-0.4, -0.2) is 9.97 Å². The Morgan fingerprint density at radius 3 is 1.77 bits per heavy atom. The summed E-state index contributed by atoms with van der Waals surface area (Å²) in [5, 5.41) is 0.514. The van der Waals surface area contributed by atoms with E-state index in [0.29, 0.717) is 5.15 Å². The predicted molar refractivity (Wildman–Crippen MR) is 59.2 cm³/mol. The molecule has 13 heavy (non-hydrogen) atoms. The van der Waals surface area contributed by atoms with Gasteiger partial charge < -0.3 is 0 Å². The van der Waals surface area contributed by atoms with Crippen LogP contribution in [0.5, 0.6) is 0 Å². The van der Waals surface area contributed by atoms with Crippen LogP contribution in [0.15, 0.2) is 6.07 Å². The van der Waals surface area contributed by atoms with Crippen LogP contribution in [0.4, 0.5) is 0 Å². The smallest absolute Gasteiger partial charge is 0.133 e. The Labute approximate surface area is 86.4 Å². The summed E-state index contributed by atoms with van der Waals surface area (Å²) < 4.78 is 0. The molecule has 76 valence electrons. The van der Waals surface area contributed by atoms with Gasteiger partial charge in [-0.15, -0.1) is 0 Å². The standard InChI is InChI=1S/C6H7ClN2.2C2H6/c1-4-3-6(7)9-5(2)8-4;2*1-2/h3H,1-2H3;2*1-2H3. The SMILES string of the molecule is CC.CC.Cc1cc(Cl)nc(C)n1. The number of nitrogens with zero attached hydrogens (tertiary/aromatic N) is 2. The van der Waals surface area contributed by atoms with Gasteiger partial charge in [-0.3, -0.25) is 0 Å². The highest BCUT2D eigenvalue weighted by atomic mass is 35.5. The molecule has 0 spiro atoms. The zero-order valence-electron chi connectivity index (χ0n) is 9.35. The number of hydrogen-bond acceptors (Lipinski definition) is 2. The lowest BCUT2D eigenvalue weighted by Crippen LogP contribution is -1.89. The third-order valence-electron chi connectivity index (χ3n) is 0.935. The molecule has 0 atom stereocenters. The molecule has 1 heterocycles. The van der Waals surface area contributed by atoms with Gasteiger partial charge in [-0.05, 0) is 19.9 Å². The summed E-state index contributed by atoms with van der Waals surface area (Å²) in [6, 6.07) is 1.73. The maximum absolute atomic E-state index is 5.60. The van der Waals surface area contributed by atoms with Crippen molar-refractivity contribution in [1.29, 1.82) is 0 Å². The van der Waals surface area contributed by atoms with E-state index in [-0.39, 0.29) is 0 Å². The highest BCUT2D eigenvalue weighted by Gasteiger charge is 1.92. The fourth-order valence-electron chi connectivity index (χ4n) is 0.672. The fraction of sp³-hybridized carbons (Fsp3) is 0.600. The first kappa shape index (κ1) is 14.9. The minimum atomic E-state index is 0.514. The van der Waals surface area contributed by atoms with Crippen molar-refractivity contribution in [2.24, 2.45) is 0 Å². The van der Waals surface area contributed by atoms with Crippen LogP contribution >= 0.6 is 11.6 Å². The summed E-state index contributed by atoms with van der Waals surface area (Å²) in [5.41, 5.74) is 0.910. The van der Waals surface area contributed by atoms with Crippen molar-refractivity contribution in [2.45, 2.75) is 41.5 Å². The minimum Gasteiger partial charge on any atom is -0.238 e.